The fraction of sp³-hybridized carbons (Fsp3) is 0.400. The molecule has 0 spiro atoms. The summed E-state index contributed by atoms with van der Waals surface area (Å²) >= 11 is 2.37. The summed E-state index contributed by atoms with van der Waals surface area (Å²) in [4.78, 5) is 4.76. The molecule has 3 heteroatoms. The van der Waals surface area contributed by atoms with Crippen LogP contribution in [0.25, 0.3) is 10.9 Å². The first-order valence-electron chi connectivity index (χ1n) is 6.36. The van der Waals surface area contributed by atoms with Crippen LogP contribution in [-0.4, -0.2) is 11.5 Å². The van der Waals surface area contributed by atoms with Gasteiger partial charge in [-0.05, 0) is 73.0 Å². The van der Waals surface area contributed by atoms with Crippen LogP contribution in [0, 0.1) is 24.3 Å². The van der Waals surface area contributed by atoms with Gasteiger partial charge in [0.05, 0.1) is 5.52 Å². The van der Waals surface area contributed by atoms with Gasteiger partial charge in [-0.1, -0.05) is 6.92 Å². The summed E-state index contributed by atoms with van der Waals surface area (Å²) in [5, 5.41) is 4.79. The second-order valence-corrected chi connectivity index (χ2v) is 5.85. The molecule has 2 nitrogen and oxygen atoms in total. The van der Waals surface area contributed by atoms with Gasteiger partial charge in [-0.15, -0.1) is 0 Å². The molecule has 0 bridgehead atoms. The predicted octanol–water partition coefficient (Wildman–Crippen LogP) is 4.59. The topological polar surface area (TPSA) is 24.9 Å². The molecule has 18 heavy (non-hydrogen) atoms. The summed E-state index contributed by atoms with van der Waals surface area (Å²) in [6.45, 7) is 9.57. The van der Waals surface area contributed by atoms with E-state index in [1.165, 1.54) is 25.8 Å². The van der Waals surface area contributed by atoms with E-state index < -0.39 is 0 Å². The van der Waals surface area contributed by atoms with Crippen molar-refractivity contribution in [3.8, 4) is 0 Å². The summed E-state index contributed by atoms with van der Waals surface area (Å²) < 4.78 is 1.28. The molecule has 1 aromatic carbocycles. The third kappa shape index (κ3) is 2.32. The number of hydrogen-bond donors (Lipinski definition) is 1. The number of pyridine rings is 1. The molecule has 0 atom stereocenters. The lowest BCUT2D eigenvalue weighted by Crippen LogP contribution is -2.05. The van der Waals surface area contributed by atoms with E-state index >= 15 is 0 Å². The number of halogens is 1. The smallest absolute Gasteiger partial charge is 0.0765 e. The van der Waals surface area contributed by atoms with Gasteiger partial charge in [0.25, 0.3) is 0 Å². The molecule has 0 aliphatic rings. The van der Waals surface area contributed by atoms with Crippen molar-refractivity contribution >= 4 is 39.2 Å². The molecule has 96 valence electrons. The highest BCUT2D eigenvalue weighted by atomic mass is 127. The van der Waals surface area contributed by atoms with Gasteiger partial charge < -0.3 is 5.32 Å². The van der Waals surface area contributed by atoms with E-state index in [1.807, 2.05) is 0 Å². The van der Waals surface area contributed by atoms with E-state index in [-0.39, 0.29) is 0 Å². The zero-order valence-electron chi connectivity index (χ0n) is 11.4. The molecule has 0 amide bonds. The van der Waals surface area contributed by atoms with Crippen molar-refractivity contribution in [1.29, 1.82) is 0 Å². The number of anilines is 1. The maximum absolute atomic E-state index is 4.76. The maximum atomic E-state index is 4.76. The molecule has 0 saturated carbocycles. The standard InChI is InChI=1S/C15H19IN2/c1-5-8-17-14-9(2)11(4)18-15-10(3)13(16)7-6-12(14)15/h6-7H,5,8H2,1-4H3,(H,17,18). The SMILES string of the molecule is CCCNc1c(C)c(C)nc2c(C)c(I)ccc12. The lowest BCUT2D eigenvalue weighted by atomic mass is 10.0. The van der Waals surface area contributed by atoms with Crippen molar-refractivity contribution in [2.24, 2.45) is 0 Å². The first kappa shape index (κ1) is 13.6. The van der Waals surface area contributed by atoms with Crippen LogP contribution in [0.4, 0.5) is 5.69 Å². The molecular formula is C15H19IN2. The molecule has 0 fully saturated rings. The first-order chi connectivity index (χ1) is 8.56. The Morgan fingerprint density at radius 2 is 1.89 bits per heavy atom. The lowest BCUT2D eigenvalue weighted by molar-refractivity contribution is 0.977. The van der Waals surface area contributed by atoms with Gasteiger partial charge in [-0.25, -0.2) is 0 Å². The van der Waals surface area contributed by atoms with Gasteiger partial charge in [-0.2, -0.15) is 0 Å². The third-order valence-electron chi connectivity index (χ3n) is 3.38. The molecule has 1 N–H and O–H groups in total. The fourth-order valence-corrected chi connectivity index (χ4v) is 2.57. The number of rotatable bonds is 3. The van der Waals surface area contributed by atoms with E-state index in [2.05, 4.69) is 67.7 Å². The van der Waals surface area contributed by atoms with Crippen molar-refractivity contribution in [2.45, 2.75) is 34.1 Å². The number of hydrogen-bond acceptors (Lipinski definition) is 2. The van der Waals surface area contributed by atoms with E-state index in [1.54, 1.807) is 0 Å². The minimum Gasteiger partial charge on any atom is -0.384 e. The largest absolute Gasteiger partial charge is 0.384 e. The Kier molecular flexibility index (Phi) is 4.10. The van der Waals surface area contributed by atoms with Crippen LogP contribution >= 0.6 is 22.6 Å². The van der Waals surface area contributed by atoms with Crippen molar-refractivity contribution in [3.63, 3.8) is 0 Å². The van der Waals surface area contributed by atoms with Gasteiger partial charge >= 0.3 is 0 Å². The molecule has 0 aliphatic heterocycles. The van der Waals surface area contributed by atoms with Crippen LogP contribution in [0.2, 0.25) is 0 Å². The molecule has 0 aliphatic carbocycles. The summed E-state index contributed by atoms with van der Waals surface area (Å²) in [5.74, 6) is 0. The van der Waals surface area contributed by atoms with Gasteiger partial charge in [0.15, 0.2) is 0 Å². The fourth-order valence-electron chi connectivity index (χ4n) is 2.13. The van der Waals surface area contributed by atoms with Crippen molar-refractivity contribution in [3.05, 3.63) is 32.5 Å². The average molecular weight is 354 g/mol. The number of nitrogens with zero attached hydrogens (tertiary/aromatic N) is 1. The zero-order chi connectivity index (χ0) is 13.3. The Balaban J connectivity index is 2.73. The second kappa shape index (κ2) is 5.43. The second-order valence-electron chi connectivity index (χ2n) is 4.69. The van der Waals surface area contributed by atoms with Gasteiger partial charge in [-0.3, -0.25) is 4.98 Å². The number of nitrogens with one attached hydrogen (secondary N) is 1. The Morgan fingerprint density at radius 1 is 1.17 bits per heavy atom. The van der Waals surface area contributed by atoms with Crippen LogP contribution in [0.1, 0.15) is 30.2 Å². The normalized spacial score (nSPS) is 10.9. The van der Waals surface area contributed by atoms with Crippen molar-refractivity contribution in [2.75, 3.05) is 11.9 Å². The first-order valence-corrected chi connectivity index (χ1v) is 7.44. The summed E-state index contributed by atoms with van der Waals surface area (Å²) in [6.07, 6.45) is 1.13. The Hall–Kier alpha value is -0.840. The van der Waals surface area contributed by atoms with Crippen LogP contribution in [0.3, 0.4) is 0 Å². The highest BCUT2D eigenvalue weighted by molar-refractivity contribution is 14.1. The molecular weight excluding hydrogens is 335 g/mol. The van der Waals surface area contributed by atoms with E-state index in [4.69, 9.17) is 4.98 Å². The van der Waals surface area contributed by atoms with Gasteiger partial charge in [0.1, 0.15) is 0 Å². The van der Waals surface area contributed by atoms with Crippen LogP contribution in [-0.2, 0) is 0 Å². The molecule has 1 aromatic heterocycles. The Bertz CT molecular complexity index is 591. The molecule has 1 heterocycles. The van der Waals surface area contributed by atoms with Crippen molar-refractivity contribution in [1.82, 2.24) is 4.98 Å². The third-order valence-corrected chi connectivity index (χ3v) is 4.55. The summed E-state index contributed by atoms with van der Waals surface area (Å²) in [5.41, 5.74) is 6.03. The maximum Gasteiger partial charge on any atom is 0.0765 e. The number of benzene rings is 1. The van der Waals surface area contributed by atoms with Crippen LogP contribution in [0.5, 0.6) is 0 Å². The lowest BCUT2D eigenvalue weighted by Gasteiger charge is -2.15. The van der Waals surface area contributed by atoms with E-state index in [0.29, 0.717) is 0 Å². The number of aromatic nitrogens is 1. The molecule has 2 aromatic rings. The van der Waals surface area contributed by atoms with Crippen LogP contribution < -0.4 is 5.32 Å². The highest BCUT2D eigenvalue weighted by Crippen LogP contribution is 2.31. The quantitative estimate of drug-likeness (QED) is 0.816. The minimum absolute atomic E-state index is 1.00. The van der Waals surface area contributed by atoms with Gasteiger partial charge in [0, 0.05) is 26.9 Å². The Labute approximate surface area is 122 Å². The predicted molar refractivity (Wildman–Crippen MR) is 87.5 cm³/mol. The summed E-state index contributed by atoms with van der Waals surface area (Å²) in [7, 11) is 0. The summed E-state index contributed by atoms with van der Waals surface area (Å²) in [6, 6.07) is 4.35. The van der Waals surface area contributed by atoms with E-state index in [9.17, 15) is 0 Å². The molecule has 0 saturated heterocycles. The number of aryl methyl sites for hydroxylation is 2. The number of fused-ring (bicyclic) bond motifs is 1. The average Bonchev–Trinajstić information content (AvgIpc) is 2.35. The molecule has 0 radical (unpaired) electrons. The zero-order valence-corrected chi connectivity index (χ0v) is 13.6. The monoisotopic (exact) mass is 354 g/mol. The molecule has 0 unspecified atom stereocenters. The van der Waals surface area contributed by atoms with E-state index in [0.717, 1.165) is 24.2 Å². The minimum atomic E-state index is 1.00. The Morgan fingerprint density at radius 3 is 2.56 bits per heavy atom. The van der Waals surface area contributed by atoms with Crippen molar-refractivity contribution < 1.29 is 0 Å². The highest BCUT2D eigenvalue weighted by Gasteiger charge is 2.11. The van der Waals surface area contributed by atoms with Gasteiger partial charge in [0.2, 0.25) is 0 Å². The van der Waals surface area contributed by atoms with Crippen LogP contribution in [0.15, 0.2) is 12.1 Å². The molecule has 2 rings (SSSR count).